The van der Waals surface area contributed by atoms with Crippen molar-refractivity contribution in [3.8, 4) is 0 Å². The van der Waals surface area contributed by atoms with Crippen molar-refractivity contribution in [2.45, 2.75) is 39.7 Å². The van der Waals surface area contributed by atoms with Crippen LogP contribution in [0.25, 0.3) is 0 Å². The predicted molar refractivity (Wildman–Crippen MR) is 77.5 cm³/mol. The first-order valence-electron chi connectivity index (χ1n) is 6.50. The van der Waals surface area contributed by atoms with Crippen LogP contribution in [0.2, 0.25) is 0 Å². The summed E-state index contributed by atoms with van der Waals surface area (Å²) in [5.74, 6) is -0.0100. The van der Waals surface area contributed by atoms with Crippen LogP contribution in [0, 0.1) is 6.92 Å². The molecule has 19 heavy (non-hydrogen) atoms. The van der Waals surface area contributed by atoms with Crippen LogP contribution in [0.5, 0.6) is 0 Å². The van der Waals surface area contributed by atoms with Crippen molar-refractivity contribution in [1.82, 2.24) is 15.5 Å². The molecular formula is C14H19N3OS. The third-order valence-corrected chi connectivity index (χ3v) is 4.22. The number of hydrogen-bond acceptors (Lipinski definition) is 3. The Hall–Kier alpha value is -1.62. The summed E-state index contributed by atoms with van der Waals surface area (Å²) in [7, 11) is 0. The Morgan fingerprint density at radius 3 is 3.00 bits per heavy atom. The zero-order chi connectivity index (χ0) is 13.8. The van der Waals surface area contributed by atoms with Crippen molar-refractivity contribution >= 4 is 17.2 Å². The van der Waals surface area contributed by atoms with Crippen molar-refractivity contribution in [2.75, 3.05) is 0 Å². The molecule has 2 N–H and O–H groups in total. The first-order valence-corrected chi connectivity index (χ1v) is 7.32. The number of aromatic nitrogens is 2. The smallest absolute Gasteiger partial charge is 0.261 e. The van der Waals surface area contributed by atoms with E-state index in [1.807, 2.05) is 13.0 Å². The highest BCUT2D eigenvalue weighted by atomic mass is 32.1. The Balaban J connectivity index is 2.05. The van der Waals surface area contributed by atoms with E-state index in [0.717, 1.165) is 23.3 Å². The third-order valence-electron chi connectivity index (χ3n) is 3.13. The highest BCUT2D eigenvalue weighted by Crippen LogP contribution is 2.23. The van der Waals surface area contributed by atoms with Gasteiger partial charge in [-0.2, -0.15) is 5.10 Å². The number of aryl methyl sites for hydroxylation is 2. The fourth-order valence-electron chi connectivity index (χ4n) is 2.00. The zero-order valence-electron chi connectivity index (χ0n) is 11.5. The Kier molecular flexibility index (Phi) is 4.37. The number of hydrogen-bond donors (Lipinski definition) is 2. The molecule has 2 aromatic rings. The van der Waals surface area contributed by atoms with Gasteiger partial charge in [0.25, 0.3) is 5.91 Å². The van der Waals surface area contributed by atoms with Crippen molar-refractivity contribution in [1.29, 1.82) is 0 Å². The summed E-state index contributed by atoms with van der Waals surface area (Å²) in [6.07, 6.45) is 5.66. The van der Waals surface area contributed by atoms with E-state index >= 15 is 0 Å². The van der Waals surface area contributed by atoms with Gasteiger partial charge in [0, 0.05) is 16.6 Å². The van der Waals surface area contributed by atoms with E-state index in [-0.39, 0.29) is 11.9 Å². The lowest BCUT2D eigenvalue weighted by molar-refractivity contribution is 0.0944. The summed E-state index contributed by atoms with van der Waals surface area (Å²) in [5, 5.41) is 9.64. The SMILES string of the molecule is CCCc1cc(C(=O)NC(C)c2cn[nH]c2)sc1C. The van der Waals surface area contributed by atoms with Crippen molar-refractivity contribution in [2.24, 2.45) is 0 Å². The van der Waals surface area contributed by atoms with Crippen molar-refractivity contribution in [3.63, 3.8) is 0 Å². The van der Waals surface area contributed by atoms with Crippen LogP contribution in [0.3, 0.4) is 0 Å². The average molecular weight is 277 g/mol. The van der Waals surface area contributed by atoms with Crippen molar-refractivity contribution < 1.29 is 4.79 Å². The second-order valence-electron chi connectivity index (χ2n) is 4.67. The molecule has 1 amide bonds. The second-order valence-corrected chi connectivity index (χ2v) is 5.93. The molecule has 4 nitrogen and oxygen atoms in total. The number of rotatable bonds is 5. The maximum atomic E-state index is 12.2. The van der Waals surface area contributed by atoms with Gasteiger partial charge < -0.3 is 5.32 Å². The summed E-state index contributed by atoms with van der Waals surface area (Å²) in [6.45, 7) is 6.18. The largest absolute Gasteiger partial charge is 0.345 e. The van der Waals surface area contributed by atoms with E-state index in [2.05, 4.69) is 29.4 Å². The zero-order valence-corrected chi connectivity index (χ0v) is 12.3. The molecule has 2 aromatic heterocycles. The lowest BCUT2D eigenvalue weighted by Crippen LogP contribution is -2.25. The fraction of sp³-hybridized carbons (Fsp3) is 0.429. The molecule has 0 aliphatic rings. The summed E-state index contributed by atoms with van der Waals surface area (Å²) in [4.78, 5) is 14.2. The van der Waals surface area contributed by atoms with Gasteiger partial charge in [-0.15, -0.1) is 11.3 Å². The molecular weight excluding hydrogens is 258 g/mol. The number of carbonyl (C=O) groups is 1. The van der Waals surface area contributed by atoms with E-state index in [1.165, 1.54) is 10.4 Å². The molecule has 0 aliphatic carbocycles. The molecule has 5 heteroatoms. The van der Waals surface area contributed by atoms with Crippen LogP contribution in [0.4, 0.5) is 0 Å². The summed E-state index contributed by atoms with van der Waals surface area (Å²) in [6, 6.07) is 1.98. The van der Waals surface area contributed by atoms with Crippen LogP contribution in [-0.2, 0) is 6.42 Å². The Labute approximate surface area is 117 Å². The molecule has 0 bridgehead atoms. The lowest BCUT2D eigenvalue weighted by Gasteiger charge is -2.10. The third kappa shape index (κ3) is 3.23. The van der Waals surface area contributed by atoms with Gasteiger partial charge in [0.2, 0.25) is 0 Å². The molecule has 1 atom stereocenters. The topological polar surface area (TPSA) is 57.8 Å². The lowest BCUT2D eigenvalue weighted by atomic mass is 10.1. The fourth-order valence-corrected chi connectivity index (χ4v) is 2.97. The monoisotopic (exact) mass is 277 g/mol. The van der Waals surface area contributed by atoms with E-state index in [9.17, 15) is 4.79 Å². The van der Waals surface area contributed by atoms with Crippen LogP contribution < -0.4 is 5.32 Å². The first-order chi connectivity index (χ1) is 9.11. The van der Waals surface area contributed by atoms with Crippen LogP contribution in [-0.4, -0.2) is 16.1 Å². The van der Waals surface area contributed by atoms with Gasteiger partial charge >= 0.3 is 0 Å². The highest BCUT2D eigenvalue weighted by molar-refractivity contribution is 7.14. The van der Waals surface area contributed by atoms with Gasteiger partial charge in [0.1, 0.15) is 0 Å². The summed E-state index contributed by atoms with van der Waals surface area (Å²) in [5.41, 5.74) is 2.27. The number of nitrogens with one attached hydrogen (secondary N) is 2. The Morgan fingerprint density at radius 2 is 2.37 bits per heavy atom. The molecule has 0 saturated heterocycles. The molecule has 0 aromatic carbocycles. The predicted octanol–water partition coefficient (Wildman–Crippen LogP) is 3.22. The van der Waals surface area contributed by atoms with Crippen molar-refractivity contribution in [3.05, 3.63) is 39.3 Å². The number of carbonyl (C=O) groups excluding carboxylic acids is 1. The molecule has 0 radical (unpaired) electrons. The van der Waals surface area contributed by atoms with Gasteiger partial charge in [-0.3, -0.25) is 9.89 Å². The standard InChI is InChI=1S/C14H19N3OS/c1-4-5-11-6-13(19-10(11)3)14(18)17-9(2)12-7-15-16-8-12/h6-9H,4-5H2,1-3H3,(H,15,16)(H,17,18). The molecule has 2 heterocycles. The normalized spacial score (nSPS) is 12.4. The van der Waals surface area contributed by atoms with Gasteiger partial charge in [-0.25, -0.2) is 0 Å². The molecule has 0 spiro atoms. The van der Waals surface area contributed by atoms with Crippen LogP contribution in [0.15, 0.2) is 18.5 Å². The number of thiophene rings is 1. The van der Waals surface area contributed by atoms with E-state index in [1.54, 1.807) is 23.7 Å². The maximum Gasteiger partial charge on any atom is 0.261 e. The second kappa shape index (κ2) is 6.02. The number of aromatic amines is 1. The van der Waals surface area contributed by atoms with E-state index in [4.69, 9.17) is 0 Å². The average Bonchev–Trinajstić information content (AvgIpc) is 3.00. The maximum absolute atomic E-state index is 12.2. The Morgan fingerprint density at radius 1 is 1.58 bits per heavy atom. The Bertz CT molecular complexity index is 545. The summed E-state index contributed by atoms with van der Waals surface area (Å²) < 4.78 is 0. The molecule has 2 rings (SSSR count). The minimum Gasteiger partial charge on any atom is -0.345 e. The molecule has 102 valence electrons. The van der Waals surface area contributed by atoms with E-state index in [0.29, 0.717) is 0 Å². The minimum absolute atomic E-state index is 0.0100. The molecule has 1 unspecified atom stereocenters. The van der Waals surface area contributed by atoms with Gasteiger partial charge in [-0.1, -0.05) is 13.3 Å². The van der Waals surface area contributed by atoms with Gasteiger partial charge in [0.05, 0.1) is 17.1 Å². The van der Waals surface area contributed by atoms with Gasteiger partial charge in [0.15, 0.2) is 0 Å². The first kappa shape index (κ1) is 13.8. The molecule has 0 aliphatic heterocycles. The quantitative estimate of drug-likeness (QED) is 0.881. The number of H-pyrrole nitrogens is 1. The highest BCUT2D eigenvalue weighted by Gasteiger charge is 2.15. The molecule has 0 fully saturated rings. The van der Waals surface area contributed by atoms with Crippen LogP contribution >= 0.6 is 11.3 Å². The number of nitrogens with zero attached hydrogens (tertiary/aromatic N) is 1. The van der Waals surface area contributed by atoms with Gasteiger partial charge in [-0.05, 0) is 31.9 Å². The van der Waals surface area contributed by atoms with Crippen LogP contribution in [0.1, 0.15) is 52.0 Å². The molecule has 0 saturated carbocycles. The van der Waals surface area contributed by atoms with E-state index < -0.39 is 0 Å². The summed E-state index contributed by atoms with van der Waals surface area (Å²) >= 11 is 1.57. The minimum atomic E-state index is -0.0386. The number of amides is 1.